The number of nitrogens with two attached hydrogens (primary N) is 1. The number of aryl methyl sites for hydroxylation is 1. The molecule has 1 amide bonds. The number of carbonyl (C=O) groups is 1. The van der Waals surface area contributed by atoms with Gasteiger partial charge in [0.2, 0.25) is 0 Å². The molecule has 0 radical (unpaired) electrons. The molecular formula is C10H9FN4OS. The fourth-order valence-corrected chi connectivity index (χ4v) is 1.78. The van der Waals surface area contributed by atoms with Gasteiger partial charge < -0.3 is 11.1 Å². The van der Waals surface area contributed by atoms with Crippen molar-refractivity contribution in [3.63, 3.8) is 0 Å². The molecule has 0 aliphatic heterocycles. The van der Waals surface area contributed by atoms with Crippen LogP contribution in [0.25, 0.3) is 0 Å². The van der Waals surface area contributed by atoms with Crippen molar-refractivity contribution in [3.8, 4) is 0 Å². The van der Waals surface area contributed by atoms with Gasteiger partial charge in [0.1, 0.15) is 10.7 Å². The normalized spacial score (nSPS) is 10.2. The molecule has 88 valence electrons. The van der Waals surface area contributed by atoms with Crippen LogP contribution in [0.2, 0.25) is 0 Å². The summed E-state index contributed by atoms with van der Waals surface area (Å²) in [6.07, 6.45) is 0. The van der Waals surface area contributed by atoms with Crippen LogP contribution in [-0.2, 0) is 0 Å². The van der Waals surface area contributed by atoms with Crippen LogP contribution in [0.1, 0.15) is 15.4 Å². The van der Waals surface area contributed by atoms with Crippen LogP contribution in [0.5, 0.6) is 0 Å². The summed E-state index contributed by atoms with van der Waals surface area (Å²) in [6.45, 7) is 1.68. The first-order valence-corrected chi connectivity index (χ1v) is 5.50. The quantitative estimate of drug-likeness (QED) is 0.799. The molecular weight excluding hydrogens is 243 g/mol. The highest BCUT2D eigenvalue weighted by Gasteiger charge is 2.13. The molecule has 0 saturated carbocycles. The topological polar surface area (TPSA) is 80.9 Å². The molecule has 0 unspecified atom stereocenters. The molecule has 0 aliphatic rings. The molecule has 3 N–H and O–H groups in total. The lowest BCUT2D eigenvalue weighted by molar-refractivity contribution is 0.103. The standard InChI is InChI=1S/C10H9FN4OS/c1-5-9(17-15-14-5)10(16)13-6-2-3-8(12)7(11)4-6/h2-4H,12H2,1H3,(H,13,16). The summed E-state index contributed by atoms with van der Waals surface area (Å²) in [5.74, 6) is -0.927. The van der Waals surface area contributed by atoms with Crippen LogP contribution < -0.4 is 11.1 Å². The lowest BCUT2D eigenvalue weighted by Gasteiger charge is -2.04. The molecule has 0 atom stereocenters. The number of carbonyl (C=O) groups excluding carboxylic acids is 1. The molecule has 0 bridgehead atoms. The Balaban J connectivity index is 2.19. The summed E-state index contributed by atoms with van der Waals surface area (Å²) in [6, 6.07) is 4.08. The predicted molar refractivity (Wildman–Crippen MR) is 63.4 cm³/mol. The summed E-state index contributed by atoms with van der Waals surface area (Å²) >= 11 is 0.993. The molecule has 2 aromatic rings. The minimum absolute atomic E-state index is 0.0404. The number of aromatic nitrogens is 2. The largest absolute Gasteiger partial charge is 0.396 e. The van der Waals surface area contributed by atoms with Gasteiger partial charge in [-0.1, -0.05) is 4.49 Å². The second-order valence-corrected chi connectivity index (χ2v) is 4.13. The molecule has 0 saturated heterocycles. The third-order valence-corrected chi connectivity index (χ3v) is 2.94. The first-order valence-electron chi connectivity index (χ1n) is 4.73. The Morgan fingerprint density at radius 1 is 1.53 bits per heavy atom. The molecule has 2 rings (SSSR count). The van der Waals surface area contributed by atoms with Gasteiger partial charge in [-0.15, -0.1) is 5.10 Å². The van der Waals surface area contributed by atoms with E-state index in [1.807, 2.05) is 0 Å². The average Bonchev–Trinajstić information content (AvgIpc) is 2.70. The number of nitrogen functional groups attached to an aromatic ring is 1. The monoisotopic (exact) mass is 252 g/mol. The maximum absolute atomic E-state index is 13.2. The van der Waals surface area contributed by atoms with Gasteiger partial charge in [0.25, 0.3) is 5.91 Å². The van der Waals surface area contributed by atoms with E-state index in [0.29, 0.717) is 16.3 Å². The number of amides is 1. The van der Waals surface area contributed by atoms with Gasteiger partial charge in [-0.3, -0.25) is 4.79 Å². The number of nitrogens with zero attached hydrogens (tertiary/aromatic N) is 2. The highest BCUT2D eigenvalue weighted by Crippen LogP contribution is 2.18. The van der Waals surface area contributed by atoms with Crippen LogP contribution in [0.15, 0.2) is 18.2 Å². The van der Waals surface area contributed by atoms with E-state index >= 15 is 0 Å². The number of hydrogen-bond donors (Lipinski definition) is 2. The highest BCUT2D eigenvalue weighted by atomic mass is 32.1. The zero-order valence-corrected chi connectivity index (χ0v) is 9.71. The molecule has 17 heavy (non-hydrogen) atoms. The maximum atomic E-state index is 13.2. The van der Waals surface area contributed by atoms with E-state index in [1.165, 1.54) is 12.1 Å². The van der Waals surface area contributed by atoms with Crippen LogP contribution in [0.3, 0.4) is 0 Å². The van der Waals surface area contributed by atoms with Gasteiger partial charge >= 0.3 is 0 Å². The van der Waals surface area contributed by atoms with E-state index < -0.39 is 5.82 Å². The zero-order chi connectivity index (χ0) is 12.4. The Morgan fingerprint density at radius 2 is 2.29 bits per heavy atom. The number of hydrogen-bond acceptors (Lipinski definition) is 5. The second kappa shape index (κ2) is 4.46. The van der Waals surface area contributed by atoms with E-state index in [2.05, 4.69) is 14.9 Å². The van der Waals surface area contributed by atoms with Crippen molar-refractivity contribution in [2.75, 3.05) is 11.1 Å². The molecule has 0 spiro atoms. The minimum atomic E-state index is -0.568. The lowest BCUT2D eigenvalue weighted by atomic mass is 10.2. The van der Waals surface area contributed by atoms with Crippen molar-refractivity contribution in [2.45, 2.75) is 6.92 Å². The van der Waals surface area contributed by atoms with Crippen molar-refractivity contribution < 1.29 is 9.18 Å². The average molecular weight is 252 g/mol. The summed E-state index contributed by atoms with van der Waals surface area (Å²) in [4.78, 5) is 12.2. The molecule has 5 nitrogen and oxygen atoms in total. The van der Waals surface area contributed by atoms with Crippen LogP contribution in [0.4, 0.5) is 15.8 Å². The van der Waals surface area contributed by atoms with Gasteiger partial charge in [-0.25, -0.2) is 4.39 Å². The van der Waals surface area contributed by atoms with Crippen molar-refractivity contribution in [1.82, 2.24) is 9.59 Å². The third kappa shape index (κ3) is 2.39. The van der Waals surface area contributed by atoms with Crippen molar-refractivity contribution in [3.05, 3.63) is 34.6 Å². The fraction of sp³-hybridized carbons (Fsp3) is 0.100. The Hall–Kier alpha value is -2.02. The van der Waals surface area contributed by atoms with Gasteiger partial charge in [0, 0.05) is 5.69 Å². The molecule has 1 aromatic heterocycles. The van der Waals surface area contributed by atoms with E-state index in [-0.39, 0.29) is 11.6 Å². The number of nitrogens with one attached hydrogen (secondary N) is 1. The smallest absolute Gasteiger partial charge is 0.269 e. The van der Waals surface area contributed by atoms with Gasteiger partial charge in [-0.05, 0) is 36.7 Å². The Labute approximate surface area is 101 Å². The van der Waals surface area contributed by atoms with Gasteiger partial charge in [0.05, 0.1) is 11.4 Å². The number of halogens is 1. The molecule has 0 fully saturated rings. The van der Waals surface area contributed by atoms with Gasteiger partial charge in [-0.2, -0.15) is 0 Å². The van der Waals surface area contributed by atoms with E-state index in [4.69, 9.17) is 5.73 Å². The fourth-order valence-electron chi connectivity index (χ4n) is 1.23. The molecule has 1 aromatic carbocycles. The summed E-state index contributed by atoms with van der Waals surface area (Å²) in [5.41, 5.74) is 6.26. The van der Waals surface area contributed by atoms with Gasteiger partial charge in [0.15, 0.2) is 0 Å². The van der Waals surface area contributed by atoms with Crippen molar-refractivity contribution >= 4 is 28.8 Å². The van der Waals surface area contributed by atoms with Crippen molar-refractivity contribution in [2.24, 2.45) is 0 Å². The Kier molecular flexibility index (Phi) is 3.01. The molecule has 0 aliphatic carbocycles. The molecule has 1 heterocycles. The molecule has 7 heteroatoms. The lowest BCUT2D eigenvalue weighted by Crippen LogP contribution is -2.11. The van der Waals surface area contributed by atoms with E-state index in [9.17, 15) is 9.18 Å². The zero-order valence-electron chi connectivity index (χ0n) is 8.90. The summed E-state index contributed by atoms with van der Waals surface area (Å²) in [7, 11) is 0. The van der Waals surface area contributed by atoms with Crippen LogP contribution in [0, 0.1) is 12.7 Å². The van der Waals surface area contributed by atoms with E-state index in [1.54, 1.807) is 6.92 Å². The predicted octanol–water partition coefficient (Wildman–Crippen LogP) is 1.82. The number of rotatable bonds is 2. The summed E-state index contributed by atoms with van der Waals surface area (Å²) in [5, 5.41) is 6.27. The Bertz CT molecular complexity index is 569. The van der Waals surface area contributed by atoms with Crippen molar-refractivity contribution in [1.29, 1.82) is 0 Å². The highest BCUT2D eigenvalue weighted by molar-refractivity contribution is 7.08. The summed E-state index contributed by atoms with van der Waals surface area (Å²) < 4.78 is 16.8. The minimum Gasteiger partial charge on any atom is -0.396 e. The van der Waals surface area contributed by atoms with Crippen LogP contribution >= 0.6 is 11.5 Å². The van der Waals surface area contributed by atoms with E-state index in [0.717, 1.165) is 17.6 Å². The number of anilines is 2. The first kappa shape index (κ1) is 11.5. The third-order valence-electron chi connectivity index (χ3n) is 2.12. The maximum Gasteiger partial charge on any atom is 0.269 e. The first-order chi connectivity index (χ1) is 8.08. The SMILES string of the molecule is Cc1nnsc1C(=O)Nc1ccc(N)c(F)c1. The second-order valence-electron chi connectivity index (χ2n) is 3.38. The number of benzene rings is 1. The Morgan fingerprint density at radius 3 is 2.88 bits per heavy atom. The van der Waals surface area contributed by atoms with Crippen LogP contribution in [-0.4, -0.2) is 15.5 Å².